The first-order chi connectivity index (χ1) is 11.8. The Balaban J connectivity index is 1.73. The topological polar surface area (TPSA) is 64.3 Å². The van der Waals surface area contributed by atoms with Gasteiger partial charge in [0.15, 0.2) is 5.82 Å². The van der Waals surface area contributed by atoms with Crippen LogP contribution in [0.2, 0.25) is 0 Å². The molecule has 1 aliphatic carbocycles. The number of fused-ring (bicyclic) bond motifs is 1. The number of piperidine rings is 1. The van der Waals surface area contributed by atoms with Crippen LogP contribution in [0.3, 0.4) is 0 Å². The van der Waals surface area contributed by atoms with Gasteiger partial charge in [0.25, 0.3) is 0 Å². The molecule has 1 aromatic heterocycles. The van der Waals surface area contributed by atoms with E-state index in [4.69, 9.17) is 20.4 Å². The van der Waals surface area contributed by atoms with Crippen molar-refractivity contribution in [3.63, 3.8) is 0 Å². The molecule has 1 aromatic carbocycles. The average Bonchev–Trinajstić information content (AvgIpc) is 3.11. The Kier molecular flexibility index (Phi) is 4.21. The first-order valence-corrected chi connectivity index (χ1v) is 8.75. The molecular formula is C19H24N4O. The molecule has 0 amide bonds. The van der Waals surface area contributed by atoms with E-state index in [2.05, 4.69) is 17.0 Å². The summed E-state index contributed by atoms with van der Waals surface area (Å²) in [6, 6.07) is 10.3. The number of methoxy groups -OCH3 is 1. The summed E-state index contributed by atoms with van der Waals surface area (Å²) in [7, 11) is 1.74. The summed E-state index contributed by atoms with van der Waals surface area (Å²) in [4.78, 5) is 12.1. The lowest BCUT2D eigenvalue weighted by Crippen LogP contribution is -2.52. The number of aromatic nitrogens is 2. The summed E-state index contributed by atoms with van der Waals surface area (Å²) < 4.78 is 5.58. The zero-order valence-corrected chi connectivity index (χ0v) is 14.1. The second-order valence-electron chi connectivity index (χ2n) is 6.69. The summed E-state index contributed by atoms with van der Waals surface area (Å²) in [6.45, 7) is 1.73. The molecular weight excluding hydrogens is 300 g/mol. The fourth-order valence-corrected chi connectivity index (χ4v) is 3.77. The average molecular weight is 324 g/mol. The van der Waals surface area contributed by atoms with E-state index in [-0.39, 0.29) is 12.1 Å². The number of benzene rings is 1. The highest BCUT2D eigenvalue weighted by molar-refractivity contribution is 5.61. The van der Waals surface area contributed by atoms with Crippen LogP contribution in [0.4, 0.5) is 5.82 Å². The van der Waals surface area contributed by atoms with Gasteiger partial charge in [-0.05, 0) is 25.7 Å². The van der Waals surface area contributed by atoms with Crippen LogP contribution in [-0.4, -0.2) is 42.3 Å². The molecule has 2 aliphatic rings. The van der Waals surface area contributed by atoms with Crippen LogP contribution < -0.4 is 10.6 Å². The van der Waals surface area contributed by atoms with Gasteiger partial charge in [-0.3, -0.25) is 0 Å². The summed E-state index contributed by atoms with van der Waals surface area (Å²) in [5.41, 5.74) is 9.78. The maximum absolute atomic E-state index is 6.18. The van der Waals surface area contributed by atoms with Gasteiger partial charge < -0.3 is 15.4 Å². The van der Waals surface area contributed by atoms with E-state index in [9.17, 15) is 0 Å². The Hall–Kier alpha value is -1.98. The minimum Gasteiger partial charge on any atom is -0.378 e. The standard InChI is InChI=1S/C19H24N4O/c1-24-17-12-23(11-10-15(17)20)19-14-8-5-9-16(14)21-18(22-19)13-6-3-2-4-7-13/h2-4,6-7,15,17H,5,8-12,20H2,1H3/t15-,17+/m0/s1. The van der Waals surface area contributed by atoms with E-state index in [1.807, 2.05) is 18.2 Å². The van der Waals surface area contributed by atoms with Crippen LogP contribution in [0, 0.1) is 0 Å². The highest BCUT2D eigenvalue weighted by Crippen LogP contribution is 2.32. The van der Waals surface area contributed by atoms with Crippen molar-refractivity contribution in [1.29, 1.82) is 0 Å². The zero-order valence-electron chi connectivity index (χ0n) is 14.1. The van der Waals surface area contributed by atoms with Gasteiger partial charge in [-0.1, -0.05) is 30.3 Å². The lowest BCUT2D eigenvalue weighted by Gasteiger charge is -2.37. The van der Waals surface area contributed by atoms with Crippen LogP contribution in [0.15, 0.2) is 30.3 Å². The van der Waals surface area contributed by atoms with Crippen LogP contribution in [-0.2, 0) is 17.6 Å². The Bertz CT molecular complexity index is 719. The lowest BCUT2D eigenvalue weighted by molar-refractivity contribution is 0.0727. The quantitative estimate of drug-likeness (QED) is 0.937. The summed E-state index contributed by atoms with van der Waals surface area (Å²) in [5, 5.41) is 0. The predicted octanol–water partition coefficient (Wildman–Crippen LogP) is 2.18. The highest BCUT2D eigenvalue weighted by Gasteiger charge is 2.30. The first kappa shape index (κ1) is 15.5. The lowest BCUT2D eigenvalue weighted by atomic mass is 10.0. The number of nitrogens with zero attached hydrogens (tertiary/aromatic N) is 3. The number of hydrogen-bond acceptors (Lipinski definition) is 5. The van der Waals surface area contributed by atoms with Gasteiger partial charge in [-0.25, -0.2) is 9.97 Å². The predicted molar refractivity (Wildman–Crippen MR) is 95.1 cm³/mol. The minimum atomic E-state index is 0.0611. The molecule has 2 heterocycles. The zero-order chi connectivity index (χ0) is 16.5. The van der Waals surface area contributed by atoms with E-state index < -0.39 is 0 Å². The van der Waals surface area contributed by atoms with Crippen molar-refractivity contribution in [3.05, 3.63) is 41.6 Å². The molecule has 0 spiro atoms. The van der Waals surface area contributed by atoms with Crippen LogP contribution in [0.5, 0.6) is 0 Å². The molecule has 0 radical (unpaired) electrons. The molecule has 24 heavy (non-hydrogen) atoms. The van der Waals surface area contributed by atoms with Gasteiger partial charge in [0.2, 0.25) is 0 Å². The molecule has 5 heteroatoms. The van der Waals surface area contributed by atoms with Gasteiger partial charge in [0.1, 0.15) is 5.82 Å². The Morgan fingerprint density at radius 1 is 1.17 bits per heavy atom. The molecule has 2 atom stereocenters. The van der Waals surface area contributed by atoms with E-state index in [0.717, 1.165) is 56.0 Å². The van der Waals surface area contributed by atoms with E-state index in [1.165, 1.54) is 11.3 Å². The summed E-state index contributed by atoms with van der Waals surface area (Å²) in [5.74, 6) is 1.92. The van der Waals surface area contributed by atoms with Gasteiger partial charge in [-0.2, -0.15) is 0 Å². The molecule has 2 N–H and O–H groups in total. The van der Waals surface area contributed by atoms with Gasteiger partial charge >= 0.3 is 0 Å². The molecule has 0 unspecified atom stereocenters. The number of hydrogen-bond donors (Lipinski definition) is 1. The molecule has 1 saturated heterocycles. The molecule has 1 aliphatic heterocycles. The third-order valence-electron chi connectivity index (χ3n) is 5.16. The van der Waals surface area contributed by atoms with Crippen molar-refractivity contribution < 1.29 is 4.74 Å². The number of aryl methyl sites for hydroxylation is 1. The van der Waals surface area contributed by atoms with Crippen molar-refractivity contribution in [2.24, 2.45) is 5.73 Å². The van der Waals surface area contributed by atoms with Crippen molar-refractivity contribution in [3.8, 4) is 11.4 Å². The maximum atomic E-state index is 6.18. The minimum absolute atomic E-state index is 0.0611. The van der Waals surface area contributed by atoms with Crippen LogP contribution >= 0.6 is 0 Å². The smallest absolute Gasteiger partial charge is 0.161 e. The summed E-state index contributed by atoms with van der Waals surface area (Å²) >= 11 is 0. The van der Waals surface area contributed by atoms with Crippen LogP contribution in [0.25, 0.3) is 11.4 Å². The monoisotopic (exact) mass is 324 g/mol. The maximum Gasteiger partial charge on any atom is 0.161 e. The molecule has 2 aromatic rings. The number of anilines is 1. The van der Waals surface area contributed by atoms with Gasteiger partial charge in [0.05, 0.1) is 6.10 Å². The first-order valence-electron chi connectivity index (χ1n) is 8.75. The molecule has 4 rings (SSSR count). The fourth-order valence-electron chi connectivity index (χ4n) is 3.77. The molecule has 1 fully saturated rings. The molecule has 0 bridgehead atoms. The van der Waals surface area contributed by atoms with Crippen molar-refractivity contribution in [1.82, 2.24) is 9.97 Å². The van der Waals surface area contributed by atoms with Crippen LogP contribution in [0.1, 0.15) is 24.1 Å². The van der Waals surface area contributed by atoms with Crippen molar-refractivity contribution in [2.45, 2.75) is 37.8 Å². The Morgan fingerprint density at radius 2 is 2.00 bits per heavy atom. The van der Waals surface area contributed by atoms with Gasteiger partial charge in [-0.15, -0.1) is 0 Å². The third-order valence-corrected chi connectivity index (χ3v) is 5.16. The third kappa shape index (κ3) is 2.78. The number of ether oxygens (including phenoxy) is 1. The van der Waals surface area contributed by atoms with E-state index in [0.29, 0.717) is 0 Å². The fraction of sp³-hybridized carbons (Fsp3) is 0.474. The Labute approximate surface area is 142 Å². The molecule has 126 valence electrons. The van der Waals surface area contributed by atoms with E-state index >= 15 is 0 Å². The number of rotatable bonds is 3. The SMILES string of the molecule is CO[C@@H]1CN(c2nc(-c3ccccc3)nc3c2CCC3)CC[C@@H]1N. The molecule has 0 saturated carbocycles. The van der Waals surface area contributed by atoms with Crippen molar-refractivity contribution in [2.75, 3.05) is 25.1 Å². The normalized spacial score (nSPS) is 23.3. The second kappa shape index (κ2) is 6.49. The number of nitrogens with two attached hydrogens (primary N) is 1. The summed E-state index contributed by atoms with van der Waals surface area (Å²) in [6.07, 6.45) is 4.27. The van der Waals surface area contributed by atoms with E-state index in [1.54, 1.807) is 7.11 Å². The molecule has 5 nitrogen and oxygen atoms in total. The largest absolute Gasteiger partial charge is 0.378 e. The van der Waals surface area contributed by atoms with Gasteiger partial charge in [0, 0.05) is 43.1 Å². The second-order valence-corrected chi connectivity index (χ2v) is 6.69. The highest BCUT2D eigenvalue weighted by atomic mass is 16.5. The van der Waals surface area contributed by atoms with Crippen molar-refractivity contribution >= 4 is 5.82 Å². The Morgan fingerprint density at radius 3 is 2.79 bits per heavy atom.